The van der Waals surface area contributed by atoms with E-state index in [1.807, 2.05) is 0 Å². The van der Waals surface area contributed by atoms with Gasteiger partial charge in [-0.15, -0.1) is 0 Å². The van der Waals surface area contributed by atoms with Crippen molar-refractivity contribution in [1.29, 1.82) is 0 Å². The van der Waals surface area contributed by atoms with Crippen molar-refractivity contribution in [3.8, 4) is 0 Å². The molecule has 0 aromatic heterocycles. The Morgan fingerprint density at radius 2 is 1.28 bits per heavy atom. The molecule has 3 aromatic carbocycles. The summed E-state index contributed by atoms with van der Waals surface area (Å²) in [5.41, 5.74) is 4.10. The Morgan fingerprint density at radius 3 is 1.79 bits per heavy atom. The van der Waals surface area contributed by atoms with Crippen molar-refractivity contribution in [2.75, 3.05) is 13.1 Å². The van der Waals surface area contributed by atoms with Crippen molar-refractivity contribution >= 4 is 17.3 Å². The van der Waals surface area contributed by atoms with Gasteiger partial charge in [0, 0.05) is 25.0 Å². The van der Waals surface area contributed by atoms with Gasteiger partial charge in [0.2, 0.25) is 0 Å². The van der Waals surface area contributed by atoms with Crippen molar-refractivity contribution in [2.45, 2.75) is 30.8 Å². The molecule has 0 radical (unpaired) electrons. The van der Waals surface area contributed by atoms with E-state index in [0.29, 0.717) is 0 Å². The van der Waals surface area contributed by atoms with Gasteiger partial charge in [0.1, 0.15) is 0 Å². The van der Waals surface area contributed by atoms with E-state index in [2.05, 4.69) is 108 Å². The third kappa shape index (κ3) is 3.05. The molecule has 0 saturated carbocycles. The minimum Gasteiger partial charge on any atom is -0.342 e. The van der Waals surface area contributed by atoms with Crippen molar-refractivity contribution in [3.05, 3.63) is 108 Å². The largest absolute Gasteiger partial charge is 0.342 e. The third-order valence-corrected chi connectivity index (χ3v) is 7.14. The van der Waals surface area contributed by atoms with E-state index in [1.54, 1.807) is 0 Å². The van der Waals surface area contributed by atoms with Crippen LogP contribution in [0.5, 0.6) is 0 Å². The van der Waals surface area contributed by atoms with Gasteiger partial charge in [0.15, 0.2) is 5.11 Å². The Balaban J connectivity index is 1.50. The van der Waals surface area contributed by atoms with Crippen LogP contribution in [0.15, 0.2) is 91.0 Å². The molecule has 3 aromatic rings. The van der Waals surface area contributed by atoms with Crippen LogP contribution in [0.4, 0.5) is 0 Å². The average Bonchev–Trinajstić information content (AvgIpc) is 3.20. The van der Waals surface area contributed by atoms with E-state index in [1.165, 1.54) is 16.7 Å². The van der Waals surface area contributed by atoms with Crippen LogP contribution < -0.4 is 0 Å². The molecule has 0 aliphatic carbocycles. The maximum absolute atomic E-state index is 6.00. The summed E-state index contributed by atoms with van der Waals surface area (Å²) in [5.74, 6) is 0. The lowest BCUT2D eigenvalue weighted by atomic mass is 9.71. The molecule has 2 fully saturated rings. The van der Waals surface area contributed by atoms with Crippen molar-refractivity contribution in [2.24, 2.45) is 0 Å². The zero-order chi connectivity index (χ0) is 19.9. The number of hydrogen-bond donors (Lipinski definition) is 0. The number of fused-ring (bicyclic) bond motifs is 1. The SMILES string of the molecule is CC12CN(Cc3ccccc3)C(=S)N1CC(c1ccccc1)(c1ccccc1)C2. The first-order valence-electron chi connectivity index (χ1n) is 10.3. The van der Waals surface area contributed by atoms with Gasteiger partial charge in [-0.05, 0) is 42.3 Å². The van der Waals surface area contributed by atoms with E-state index < -0.39 is 0 Å². The molecule has 0 bridgehead atoms. The Labute approximate surface area is 178 Å². The van der Waals surface area contributed by atoms with Gasteiger partial charge < -0.3 is 9.80 Å². The van der Waals surface area contributed by atoms with E-state index >= 15 is 0 Å². The number of rotatable bonds is 4. The van der Waals surface area contributed by atoms with E-state index in [-0.39, 0.29) is 11.0 Å². The zero-order valence-electron chi connectivity index (χ0n) is 16.8. The third-order valence-electron chi connectivity index (χ3n) is 6.66. The lowest BCUT2D eigenvalue weighted by Gasteiger charge is -2.33. The van der Waals surface area contributed by atoms with Crippen LogP contribution >= 0.6 is 12.2 Å². The summed E-state index contributed by atoms with van der Waals surface area (Å²) < 4.78 is 0. The molecule has 0 amide bonds. The molecular formula is C26H26N2S. The molecule has 2 aliphatic rings. The molecule has 2 heterocycles. The van der Waals surface area contributed by atoms with Gasteiger partial charge in [-0.25, -0.2) is 0 Å². The highest BCUT2D eigenvalue weighted by atomic mass is 32.1. The fourth-order valence-corrected chi connectivity index (χ4v) is 5.76. The van der Waals surface area contributed by atoms with Crippen molar-refractivity contribution in [3.63, 3.8) is 0 Å². The van der Waals surface area contributed by atoms with Crippen LogP contribution in [0.2, 0.25) is 0 Å². The normalized spacial score (nSPS) is 22.7. The molecule has 1 unspecified atom stereocenters. The molecule has 29 heavy (non-hydrogen) atoms. The molecule has 0 N–H and O–H groups in total. The second-order valence-electron chi connectivity index (χ2n) is 8.70. The van der Waals surface area contributed by atoms with Crippen molar-refractivity contribution in [1.82, 2.24) is 9.80 Å². The molecule has 5 rings (SSSR count). The van der Waals surface area contributed by atoms with E-state index in [4.69, 9.17) is 12.2 Å². The van der Waals surface area contributed by atoms with Crippen LogP contribution in [-0.2, 0) is 12.0 Å². The first-order chi connectivity index (χ1) is 14.1. The Bertz CT molecular complexity index is 963. The van der Waals surface area contributed by atoms with Crippen LogP contribution in [0, 0.1) is 0 Å². The molecule has 2 aliphatic heterocycles. The summed E-state index contributed by atoms with van der Waals surface area (Å²) in [7, 11) is 0. The molecule has 3 heteroatoms. The Hall–Kier alpha value is -2.65. The van der Waals surface area contributed by atoms with Gasteiger partial charge in [-0.2, -0.15) is 0 Å². The predicted molar refractivity (Wildman–Crippen MR) is 123 cm³/mol. The zero-order valence-corrected chi connectivity index (χ0v) is 17.6. The maximum Gasteiger partial charge on any atom is 0.172 e. The van der Waals surface area contributed by atoms with Gasteiger partial charge >= 0.3 is 0 Å². The molecule has 1 atom stereocenters. The smallest absolute Gasteiger partial charge is 0.172 e. The first-order valence-corrected chi connectivity index (χ1v) is 10.7. The minimum atomic E-state index is -0.0276. The van der Waals surface area contributed by atoms with Gasteiger partial charge in [-0.1, -0.05) is 91.0 Å². The fraction of sp³-hybridized carbons (Fsp3) is 0.269. The highest BCUT2D eigenvalue weighted by molar-refractivity contribution is 7.80. The fourth-order valence-electron chi connectivity index (χ4n) is 5.35. The number of benzene rings is 3. The molecule has 0 spiro atoms. The molecular weight excluding hydrogens is 372 g/mol. The standard InChI is InChI=1S/C26H26N2S/c1-25-18-26(22-13-7-3-8-14-22,23-15-9-4-10-16-23)20-28(25)24(29)27(19-25)17-21-11-5-2-6-12-21/h2-16H,17-20H2,1H3. The number of hydrogen-bond acceptors (Lipinski definition) is 1. The van der Waals surface area contributed by atoms with Crippen molar-refractivity contribution < 1.29 is 0 Å². The second kappa shape index (κ2) is 7.00. The number of nitrogens with zero attached hydrogens (tertiary/aromatic N) is 2. The summed E-state index contributed by atoms with van der Waals surface area (Å²) in [5, 5.41) is 0.991. The summed E-state index contributed by atoms with van der Waals surface area (Å²) in [6, 6.07) is 32.6. The van der Waals surface area contributed by atoms with Gasteiger partial charge in [0.25, 0.3) is 0 Å². The van der Waals surface area contributed by atoms with Gasteiger partial charge in [-0.3, -0.25) is 0 Å². The van der Waals surface area contributed by atoms with E-state index in [9.17, 15) is 0 Å². The minimum absolute atomic E-state index is 0.0276. The van der Waals surface area contributed by atoms with Crippen LogP contribution in [0.25, 0.3) is 0 Å². The average molecular weight is 399 g/mol. The monoisotopic (exact) mass is 398 g/mol. The van der Waals surface area contributed by atoms with Crippen LogP contribution in [0.3, 0.4) is 0 Å². The Kier molecular flexibility index (Phi) is 4.44. The first kappa shape index (κ1) is 18.4. The lowest BCUT2D eigenvalue weighted by molar-refractivity contribution is 0.277. The van der Waals surface area contributed by atoms with Crippen LogP contribution in [0.1, 0.15) is 30.0 Å². The summed E-state index contributed by atoms with van der Waals surface area (Å²) in [4.78, 5) is 4.87. The number of thiocarbonyl (C=S) groups is 1. The summed E-state index contributed by atoms with van der Waals surface area (Å²) in [6.45, 7) is 5.18. The Morgan fingerprint density at radius 1 is 0.759 bits per heavy atom. The van der Waals surface area contributed by atoms with Crippen LogP contribution in [-0.4, -0.2) is 33.5 Å². The quantitative estimate of drug-likeness (QED) is 0.555. The van der Waals surface area contributed by atoms with Gasteiger partial charge in [0.05, 0.1) is 5.54 Å². The summed E-state index contributed by atoms with van der Waals surface area (Å²) >= 11 is 6.00. The highest BCUT2D eigenvalue weighted by Gasteiger charge is 2.57. The maximum atomic E-state index is 6.00. The van der Waals surface area contributed by atoms with E-state index in [0.717, 1.165) is 31.2 Å². The molecule has 146 valence electrons. The topological polar surface area (TPSA) is 6.48 Å². The molecule has 2 nitrogen and oxygen atoms in total. The second-order valence-corrected chi connectivity index (χ2v) is 9.06. The molecule has 2 saturated heterocycles. The lowest BCUT2D eigenvalue weighted by Crippen LogP contribution is -2.39. The summed E-state index contributed by atoms with van der Waals surface area (Å²) in [6.07, 6.45) is 1.07. The predicted octanol–water partition coefficient (Wildman–Crippen LogP) is 5.24. The highest BCUT2D eigenvalue weighted by Crippen LogP contribution is 2.51.